The molecule has 134 valence electrons. The number of rotatable bonds is 9. The van der Waals surface area contributed by atoms with Gasteiger partial charge >= 0.3 is 0 Å². The van der Waals surface area contributed by atoms with Crippen molar-refractivity contribution in [3.63, 3.8) is 0 Å². The van der Waals surface area contributed by atoms with E-state index < -0.39 is 0 Å². The molecule has 0 N–H and O–H groups in total. The molecule has 4 nitrogen and oxygen atoms in total. The highest BCUT2D eigenvalue weighted by Gasteiger charge is 2.10. The average molecular weight is 373 g/mol. The van der Waals surface area contributed by atoms with E-state index in [2.05, 4.69) is 10.1 Å². The van der Waals surface area contributed by atoms with Crippen molar-refractivity contribution in [2.75, 3.05) is 40.0 Å². The fourth-order valence-electron chi connectivity index (χ4n) is 2.83. The van der Waals surface area contributed by atoms with Gasteiger partial charge in [0.1, 0.15) is 7.11 Å². The number of unbranched alkanes of at least 4 members (excludes halogenated alkanes) is 3. The van der Waals surface area contributed by atoms with Crippen LogP contribution in [0.2, 0.25) is 10.0 Å². The molecule has 1 aliphatic rings. The summed E-state index contributed by atoms with van der Waals surface area (Å²) in [4.78, 5) is 7.46. The molecule has 1 aliphatic heterocycles. The molecule has 1 aromatic rings. The molecule has 1 fully saturated rings. The molecule has 6 heteroatoms. The summed E-state index contributed by atoms with van der Waals surface area (Å²) in [5.74, 6) is 0. The first-order valence-electron chi connectivity index (χ1n) is 8.56. The van der Waals surface area contributed by atoms with Crippen LogP contribution in [0.25, 0.3) is 0 Å². The SMILES string of the molecule is CO/N=C(\CCCCCCN1CCOCC1)c1ccc(Cl)c(Cl)c1. The molecule has 0 bridgehead atoms. The van der Waals surface area contributed by atoms with Crippen molar-refractivity contribution in [2.45, 2.75) is 32.1 Å². The minimum Gasteiger partial charge on any atom is -0.399 e. The molecule has 24 heavy (non-hydrogen) atoms. The van der Waals surface area contributed by atoms with E-state index in [0.717, 1.165) is 50.4 Å². The highest BCUT2D eigenvalue weighted by Crippen LogP contribution is 2.24. The Kier molecular flexibility index (Phi) is 8.89. The minimum absolute atomic E-state index is 0.545. The van der Waals surface area contributed by atoms with E-state index in [0.29, 0.717) is 10.0 Å². The number of nitrogens with zero attached hydrogens (tertiary/aromatic N) is 2. The number of oxime groups is 1. The quantitative estimate of drug-likeness (QED) is 0.360. The Morgan fingerprint density at radius 1 is 1.12 bits per heavy atom. The number of ether oxygens (including phenoxy) is 1. The van der Waals surface area contributed by atoms with E-state index in [4.69, 9.17) is 32.8 Å². The molecule has 2 rings (SSSR count). The molecule has 0 atom stereocenters. The van der Waals surface area contributed by atoms with E-state index in [1.54, 1.807) is 13.2 Å². The topological polar surface area (TPSA) is 34.1 Å². The molecule has 0 unspecified atom stereocenters. The zero-order valence-electron chi connectivity index (χ0n) is 14.3. The van der Waals surface area contributed by atoms with E-state index in [9.17, 15) is 0 Å². The predicted molar refractivity (Wildman–Crippen MR) is 100 cm³/mol. The lowest BCUT2D eigenvalue weighted by atomic mass is 10.0. The second kappa shape index (κ2) is 10.9. The van der Waals surface area contributed by atoms with Gasteiger partial charge in [-0.15, -0.1) is 0 Å². The molecule has 0 radical (unpaired) electrons. The Morgan fingerprint density at radius 2 is 1.88 bits per heavy atom. The van der Waals surface area contributed by atoms with Crippen molar-refractivity contribution in [2.24, 2.45) is 5.16 Å². The molecule has 1 saturated heterocycles. The summed E-state index contributed by atoms with van der Waals surface area (Å²) in [6, 6.07) is 5.58. The first-order valence-corrected chi connectivity index (χ1v) is 9.32. The molecular formula is C18H26Cl2N2O2. The average Bonchev–Trinajstić information content (AvgIpc) is 2.60. The van der Waals surface area contributed by atoms with Crippen LogP contribution in [0.1, 0.15) is 37.7 Å². The summed E-state index contributed by atoms with van der Waals surface area (Å²) in [5.41, 5.74) is 1.89. The zero-order chi connectivity index (χ0) is 17.2. The van der Waals surface area contributed by atoms with Gasteiger partial charge in [0.2, 0.25) is 0 Å². The van der Waals surface area contributed by atoms with Gasteiger partial charge in [0, 0.05) is 18.7 Å². The summed E-state index contributed by atoms with van der Waals surface area (Å²) in [6.07, 6.45) is 5.63. The maximum absolute atomic E-state index is 6.09. The molecule has 0 spiro atoms. The third kappa shape index (κ3) is 6.60. The van der Waals surface area contributed by atoms with E-state index >= 15 is 0 Å². The van der Waals surface area contributed by atoms with Gasteiger partial charge in [0.05, 0.1) is 29.0 Å². The van der Waals surface area contributed by atoms with Crippen molar-refractivity contribution in [1.82, 2.24) is 4.90 Å². The maximum Gasteiger partial charge on any atom is 0.106 e. The Labute approximate surface area is 154 Å². The van der Waals surface area contributed by atoms with Gasteiger partial charge in [-0.2, -0.15) is 0 Å². The molecule has 0 saturated carbocycles. The number of halogens is 2. The molecule has 1 aromatic carbocycles. The first-order chi connectivity index (χ1) is 11.7. The van der Waals surface area contributed by atoms with Crippen molar-refractivity contribution in [3.8, 4) is 0 Å². The van der Waals surface area contributed by atoms with Crippen LogP contribution in [0.3, 0.4) is 0 Å². The van der Waals surface area contributed by atoms with Crippen LogP contribution in [-0.2, 0) is 9.57 Å². The second-order valence-corrected chi connectivity index (χ2v) is 6.78. The standard InChI is InChI=1S/C18H26Cl2N2O2/c1-23-21-18(15-7-8-16(19)17(20)14-15)6-4-2-3-5-9-22-10-12-24-13-11-22/h7-8,14H,2-6,9-13H2,1H3/b21-18+. The van der Waals surface area contributed by atoms with E-state index in [1.165, 1.54) is 25.8 Å². The van der Waals surface area contributed by atoms with Crippen LogP contribution >= 0.6 is 23.2 Å². The monoisotopic (exact) mass is 372 g/mol. The Bertz CT molecular complexity index is 532. The minimum atomic E-state index is 0.545. The van der Waals surface area contributed by atoms with Gasteiger partial charge in [-0.05, 0) is 37.9 Å². The maximum atomic E-state index is 6.09. The fourth-order valence-corrected chi connectivity index (χ4v) is 3.13. The first kappa shape index (κ1) is 19.5. The largest absolute Gasteiger partial charge is 0.399 e. The zero-order valence-corrected chi connectivity index (χ0v) is 15.8. The van der Waals surface area contributed by atoms with Gasteiger partial charge in [-0.3, -0.25) is 4.90 Å². The highest BCUT2D eigenvalue weighted by molar-refractivity contribution is 6.42. The third-order valence-corrected chi connectivity index (χ3v) is 4.93. The third-order valence-electron chi connectivity index (χ3n) is 4.20. The lowest BCUT2D eigenvalue weighted by Crippen LogP contribution is -2.36. The lowest BCUT2D eigenvalue weighted by molar-refractivity contribution is 0.0371. The predicted octanol–water partition coefficient (Wildman–Crippen LogP) is 4.63. The Hall–Kier alpha value is -0.810. The van der Waals surface area contributed by atoms with Crippen LogP contribution in [0.4, 0.5) is 0 Å². The molecule has 1 heterocycles. The van der Waals surface area contributed by atoms with Gasteiger partial charge < -0.3 is 9.57 Å². The number of benzene rings is 1. The van der Waals surface area contributed by atoms with Crippen LogP contribution in [0.5, 0.6) is 0 Å². The normalized spacial score (nSPS) is 16.4. The van der Waals surface area contributed by atoms with Crippen molar-refractivity contribution >= 4 is 28.9 Å². The number of hydrogen-bond acceptors (Lipinski definition) is 4. The molecule has 0 aliphatic carbocycles. The summed E-state index contributed by atoms with van der Waals surface area (Å²) in [6.45, 7) is 5.07. The summed E-state index contributed by atoms with van der Waals surface area (Å²) >= 11 is 12.1. The summed E-state index contributed by atoms with van der Waals surface area (Å²) in [7, 11) is 1.57. The summed E-state index contributed by atoms with van der Waals surface area (Å²) < 4.78 is 5.37. The van der Waals surface area contributed by atoms with Crippen molar-refractivity contribution < 1.29 is 9.57 Å². The van der Waals surface area contributed by atoms with Crippen LogP contribution < -0.4 is 0 Å². The van der Waals surface area contributed by atoms with Crippen LogP contribution in [-0.4, -0.2) is 50.6 Å². The van der Waals surface area contributed by atoms with E-state index in [1.807, 2.05) is 12.1 Å². The van der Waals surface area contributed by atoms with Gasteiger partial charge in [-0.1, -0.05) is 47.3 Å². The van der Waals surface area contributed by atoms with Crippen molar-refractivity contribution in [3.05, 3.63) is 33.8 Å². The van der Waals surface area contributed by atoms with Gasteiger partial charge in [0.25, 0.3) is 0 Å². The smallest absolute Gasteiger partial charge is 0.106 e. The van der Waals surface area contributed by atoms with Gasteiger partial charge in [-0.25, -0.2) is 0 Å². The van der Waals surface area contributed by atoms with E-state index in [-0.39, 0.29) is 0 Å². The van der Waals surface area contributed by atoms with Crippen LogP contribution in [0, 0.1) is 0 Å². The van der Waals surface area contributed by atoms with Crippen LogP contribution in [0.15, 0.2) is 23.4 Å². The molecule has 0 amide bonds. The lowest BCUT2D eigenvalue weighted by Gasteiger charge is -2.26. The summed E-state index contributed by atoms with van der Waals surface area (Å²) in [5, 5.41) is 5.25. The number of morpholine rings is 1. The van der Waals surface area contributed by atoms with Gasteiger partial charge in [0.15, 0.2) is 0 Å². The second-order valence-electron chi connectivity index (χ2n) is 5.97. The highest BCUT2D eigenvalue weighted by atomic mass is 35.5. The fraction of sp³-hybridized carbons (Fsp3) is 0.611. The molecule has 0 aromatic heterocycles. The Morgan fingerprint density at radius 3 is 2.58 bits per heavy atom. The molecular weight excluding hydrogens is 347 g/mol. The number of hydrogen-bond donors (Lipinski definition) is 0. The van der Waals surface area contributed by atoms with Crippen molar-refractivity contribution in [1.29, 1.82) is 0 Å². The Balaban J connectivity index is 1.70.